The standard InChI is InChI=1S/C31H37N5O6/c1-7-41-26-15-22(29-28(30(38)40-6)20(4)33-31(39)34-29)11-12-25(26)42-17-27(37)35-32-16-23-14-19(3)36(21(23)5)24-10-8-9-18(2)13-24/h8-16,27,29,35,37H,7,17H2,1-6H3,(H2,33,34,39)/b32-16-/t27-,29+/m1/s1. The summed E-state index contributed by atoms with van der Waals surface area (Å²) in [6, 6.07) is 14.2. The molecule has 2 heterocycles. The largest absolute Gasteiger partial charge is 0.490 e. The number of allylic oxidation sites excluding steroid dienone is 1. The maximum Gasteiger partial charge on any atom is 0.337 e. The molecule has 0 saturated heterocycles. The number of amides is 2. The number of aliphatic hydroxyl groups is 1. The summed E-state index contributed by atoms with van der Waals surface area (Å²) in [6.07, 6.45) is 0.566. The molecule has 0 fully saturated rings. The van der Waals surface area contributed by atoms with Gasteiger partial charge in [-0.05, 0) is 76.1 Å². The third-order valence-corrected chi connectivity index (χ3v) is 6.83. The normalized spacial score (nSPS) is 15.7. The molecular formula is C31H37N5O6. The number of carbonyl (C=O) groups excluding carboxylic acids is 2. The van der Waals surface area contributed by atoms with Gasteiger partial charge in [0.25, 0.3) is 0 Å². The molecule has 0 aliphatic carbocycles. The lowest BCUT2D eigenvalue weighted by Crippen LogP contribution is -2.45. The van der Waals surface area contributed by atoms with E-state index in [-0.39, 0.29) is 12.2 Å². The van der Waals surface area contributed by atoms with Gasteiger partial charge >= 0.3 is 12.0 Å². The van der Waals surface area contributed by atoms with Gasteiger partial charge in [-0.3, -0.25) is 5.43 Å². The lowest BCUT2D eigenvalue weighted by atomic mass is 9.95. The Morgan fingerprint density at radius 1 is 1.12 bits per heavy atom. The number of urea groups is 1. The Hall–Kier alpha value is -4.77. The van der Waals surface area contributed by atoms with Crippen LogP contribution in [0.25, 0.3) is 5.69 Å². The molecule has 2 atom stereocenters. The Kier molecular flexibility index (Phi) is 9.53. The van der Waals surface area contributed by atoms with Gasteiger partial charge in [-0.25, -0.2) is 9.59 Å². The number of hydrogen-bond acceptors (Lipinski definition) is 8. The highest BCUT2D eigenvalue weighted by molar-refractivity contribution is 5.95. The number of aromatic nitrogens is 1. The van der Waals surface area contributed by atoms with Crippen LogP contribution in [0, 0.1) is 20.8 Å². The average molecular weight is 576 g/mol. The minimum atomic E-state index is -1.10. The minimum absolute atomic E-state index is 0.115. The molecule has 1 aliphatic rings. The van der Waals surface area contributed by atoms with Crippen LogP contribution in [0.2, 0.25) is 0 Å². The van der Waals surface area contributed by atoms with E-state index < -0.39 is 24.3 Å². The van der Waals surface area contributed by atoms with Crippen molar-refractivity contribution >= 4 is 18.2 Å². The first-order chi connectivity index (χ1) is 20.1. The van der Waals surface area contributed by atoms with Crippen molar-refractivity contribution in [3.8, 4) is 17.2 Å². The predicted molar refractivity (Wildman–Crippen MR) is 159 cm³/mol. The van der Waals surface area contributed by atoms with E-state index >= 15 is 0 Å². The van der Waals surface area contributed by atoms with E-state index in [0.29, 0.717) is 29.4 Å². The number of aryl methyl sites for hydroxylation is 2. The first-order valence-corrected chi connectivity index (χ1v) is 13.6. The van der Waals surface area contributed by atoms with Crippen molar-refractivity contribution < 1.29 is 28.9 Å². The number of ether oxygens (including phenoxy) is 3. The second kappa shape index (κ2) is 13.3. The van der Waals surface area contributed by atoms with Gasteiger partial charge in [-0.15, -0.1) is 0 Å². The van der Waals surface area contributed by atoms with Crippen molar-refractivity contribution in [1.29, 1.82) is 0 Å². The van der Waals surface area contributed by atoms with Gasteiger partial charge in [0.2, 0.25) is 0 Å². The number of hydrogen-bond donors (Lipinski definition) is 4. The van der Waals surface area contributed by atoms with Gasteiger partial charge in [0.05, 0.1) is 31.5 Å². The summed E-state index contributed by atoms with van der Waals surface area (Å²) in [4.78, 5) is 24.6. The maximum absolute atomic E-state index is 12.4. The van der Waals surface area contributed by atoms with Crippen LogP contribution in [-0.2, 0) is 9.53 Å². The smallest absolute Gasteiger partial charge is 0.337 e. The zero-order valence-electron chi connectivity index (χ0n) is 24.6. The summed E-state index contributed by atoms with van der Waals surface area (Å²) in [5.74, 6) is 0.215. The third-order valence-electron chi connectivity index (χ3n) is 6.83. The topological polar surface area (TPSA) is 135 Å². The fourth-order valence-corrected chi connectivity index (χ4v) is 4.90. The van der Waals surface area contributed by atoms with Crippen LogP contribution in [0.15, 0.2) is 64.9 Å². The molecule has 0 bridgehead atoms. The van der Waals surface area contributed by atoms with Crippen LogP contribution in [0.5, 0.6) is 11.5 Å². The fourth-order valence-electron chi connectivity index (χ4n) is 4.90. The Morgan fingerprint density at radius 2 is 1.90 bits per heavy atom. The zero-order chi connectivity index (χ0) is 30.4. The number of nitrogens with one attached hydrogen (secondary N) is 3. The molecule has 0 saturated carbocycles. The lowest BCUT2D eigenvalue weighted by Gasteiger charge is -2.28. The van der Waals surface area contributed by atoms with E-state index in [0.717, 1.165) is 22.6 Å². The van der Waals surface area contributed by atoms with E-state index in [4.69, 9.17) is 14.2 Å². The van der Waals surface area contributed by atoms with Crippen molar-refractivity contribution in [1.82, 2.24) is 20.6 Å². The van der Waals surface area contributed by atoms with Crippen molar-refractivity contribution in [3.63, 3.8) is 0 Å². The quantitative estimate of drug-likeness (QED) is 0.118. The molecular weight excluding hydrogens is 538 g/mol. The fraction of sp³-hybridized carbons (Fsp3) is 0.323. The Bertz CT molecular complexity index is 1530. The molecule has 222 valence electrons. The van der Waals surface area contributed by atoms with Gasteiger partial charge in [0.1, 0.15) is 6.61 Å². The van der Waals surface area contributed by atoms with Crippen molar-refractivity contribution in [3.05, 3.63) is 87.9 Å². The molecule has 3 aromatic rings. The maximum atomic E-state index is 12.4. The first kappa shape index (κ1) is 30.2. The highest BCUT2D eigenvalue weighted by Crippen LogP contribution is 2.35. The molecule has 0 spiro atoms. The molecule has 0 radical (unpaired) electrons. The van der Waals surface area contributed by atoms with E-state index in [1.54, 1.807) is 31.3 Å². The summed E-state index contributed by atoms with van der Waals surface area (Å²) in [5.41, 5.74) is 9.27. The lowest BCUT2D eigenvalue weighted by molar-refractivity contribution is -0.136. The number of esters is 1. The number of aliphatic hydroxyl groups excluding tert-OH is 1. The van der Waals surface area contributed by atoms with Gasteiger partial charge in [0, 0.05) is 28.3 Å². The van der Waals surface area contributed by atoms with E-state index in [1.165, 1.54) is 12.7 Å². The predicted octanol–water partition coefficient (Wildman–Crippen LogP) is 3.92. The first-order valence-electron chi connectivity index (χ1n) is 13.6. The van der Waals surface area contributed by atoms with Crippen LogP contribution < -0.4 is 25.5 Å². The van der Waals surface area contributed by atoms with Crippen LogP contribution >= 0.6 is 0 Å². The zero-order valence-corrected chi connectivity index (χ0v) is 24.6. The molecule has 42 heavy (non-hydrogen) atoms. The van der Waals surface area contributed by atoms with Gasteiger partial charge in [-0.1, -0.05) is 18.2 Å². The molecule has 11 heteroatoms. The summed E-state index contributed by atoms with van der Waals surface area (Å²) >= 11 is 0. The number of hydrazone groups is 1. The number of methoxy groups -OCH3 is 1. The molecule has 11 nitrogen and oxygen atoms in total. The Balaban J connectivity index is 1.43. The van der Waals surface area contributed by atoms with Gasteiger partial charge in [-0.2, -0.15) is 5.10 Å². The van der Waals surface area contributed by atoms with E-state index in [2.05, 4.69) is 50.9 Å². The molecule has 0 unspecified atom stereocenters. The van der Waals surface area contributed by atoms with E-state index in [1.807, 2.05) is 32.9 Å². The molecule has 4 N–H and O–H groups in total. The molecule has 4 rings (SSSR count). The highest BCUT2D eigenvalue weighted by Gasteiger charge is 2.32. The van der Waals surface area contributed by atoms with Crippen molar-refractivity contribution in [2.24, 2.45) is 5.10 Å². The van der Waals surface area contributed by atoms with Crippen LogP contribution in [0.1, 0.15) is 48.0 Å². The van der Waals surface area contributed by atoms with Crippen LogP contribution in [0.3, 0.4) is 0 Å². The highest BCUT2D eigenvalue weighted by atomic mass is 16.5. The summed E-state index contributed by atoms with van der Waals surface area (Å²) in [6.45, 7) is 9.82. The second-order valence-electron chi connectivity index (χ2n) is 9.92. The Labute approximate surface area is 245 Å². The van der Waals surface area contributed by atoms with Crippen LogP contribution in [-0.4, -0.2) is 54.4 Å². The minimum Gasteiger partial charge on any atom is -0.490 e. The molecule has 2 amide bonds. The SMILES string of the molecule is CCOc1cc([C@@H]2NC(=O)NC(C)=C2C(=O)OC)ccc1OC[C@@H](O)N/N=C\c1cc(C)n(-c2cccc(C)c2)c1C. The number of nitrogens with zero attached hydrogens (tertiary/aromatic N) is 2. The van der Waals surface area contributed by atoms with Crippen molar-refractivity contribution in [2.45, 2.75) is 46.9 Å². The Morgan fingerprint density at radius 3 is 2.62 bits per heavy atom. The third kappa shape index (κ3) is 6.74. The second-order valence-corrected chi connectivity index (χ2v) is 9.92. The van der Waals surface area contributed by atoms with Gasteiger partial charge in [0.15, 0.2) is 17.7 Å². The molecule has 1 aromatic heterocycles. The van der Waals surface area contributed by atoms with Crippen LogP contribution in [0.4, 0.5) is 4.79 Å². The number of carbonyl (C=O) groups is 2. The summed E-state index contributed by atoms with van der Waals surface area (Å²) < 4.78 is 18.7. The molecule has 2 aromatic carbocycles. The average Bonchev–Trinajstić information content (AvgIpc) is 3.24. The number of benzene rings is 2. The summed E-state index contributed by atoms with van der Waals surface area (Å²) in [5, 5.41) is 20.0. The number of rotatable bonds is 11. The van der Waals surface area contributed by atoms with Gasteiger partial charge < -0.3 is 34.5 Å². The van der Waals surface area contributed by atoms with E-state index in [9.17, 15) is 14.7 Å². The van der Waals surface area contributed by atoms with Crippen molar-refractivity contribution in [2.75, 3.05) is 20.3 Å². The molecule has 1 aliphatic heterocycles. The summed E-state index contributed by atoms with van der Waals surface area (Å²) in [7, 11) is 1.28. The monoisotopic (exact) mass is 575 g/mol.